The number of urea groups is 1. The summed E-state index contributed by atoms with van der Waals surface area (Å²) < 4.78 is 10.7. The van der Waals surface area contributed by atoms with Crippen molar-refractivity contribution in [2.24, 2.45) is 0 Å². The van der Waals surface area contributed by atoms with Gasteiger partial charge in [-0.2, -0.15) is 0 Å². The molecule has 1 saturated carbocycles. The zero-order valence-electron chi connectivity index (χ0n) is 13.7. The van der Waals surface area contributed by atoms with E-state index in [-0.39, 0.29) is 18.6 Å². The van der Waals surface area contributed by atoms with Crippen LogP contribution >= 0.6 is 0 Å². The monoisotopic (exact) mass is 320 g/mol. The van der Waals surface area contributed by atoms with Crippen LogP contribution < -0.4 is 14.8 Å². The fraction of sp³-hybridized carbons (Fsp3) is 0.588. The molecule has 2 N–H and O–H groups in total. The summed E-state index contributed by atoms with van der Waals surface area (Å²) in [5, 5.41) is 13.6. The van der Waals surface area contributed by atoms with Crippen molar-refractivity contribution in [1.29, 1.82) is 0 Å². The Labute approximate surface area is 136 Å². The molecule has 0 bridgehead atoms. The maximum atomic E-state index is 12.5. The summed E-state index contributed by atoms with van der Waals surface area (Å²) in [6.45, 7) is 0.667. The molecule has 1 atom stereocenters. The van der Waals surface area contributed by atoms with Crippen molar-refractivity contribution in [2.75, 3.05) is 20.8 Å². The van der Waals surface area contributed by atoms with Crippen molar-refractivity contribution in [1.82, 2.24) is 10.2 Å². The number of hydrogen-bond acceptors (Lipinski definition) is 4. The van der Waals surface area contributed by atoms with Gasteiger partial charge in [0.25, 0.3) is 0 Å². The molecule has 1 aromatic rings. The first-order valence-corrected chi connectivity index (χ1v) is 8.11. The second-order valence-electron chi connectivity index (χ2n) is 6.19. The van der Waals surface area contributed by atoms with E-state index in [1.807, 2.05) is 6.07 Å². The zero-order valence-corrected chi connectivity index (χ0v) is 13.7. The highest BCUT2D eigenvalue weighted by molar-refractivity contribution is 5.75. The van der Waals surface area contributed by atoms with Gasteiger partial charge in [0, 0.05) is 17.2 Å². The van der Waals surface area contributed by atoms with Crippen LogP contribution in [0.15, 0.2) is 12.1 Å². The third kappa shape index (κ3) is 3.08. The smallest absolute Gasteiger partial charge is 0.318 e. The van der Waals surface area contributed by atoms with E-state index in [1.165, 1.54) is 12.8 Å². The predicted octanol–water partition coefficient (Wildman–Crippen LogP) is 2.21. The number of methoxy groups -OCH3 is 2. The van der Waals surface area contributed by atoms with E-state index in [0.29, 0.717) is 18.0 Å². The van der Waals surface area contributed by atoms with Crippen LogP contribution in [-0.2, 0) is 6.54 Å². The second kappa shape index (κ2) is 6.66. The summed E-state index contributed by atoms with van der Waals surface area (Å²) in [5.41, 5.74) is 1.53. The van der Waals surface area contributed by atoms with Gasteiger partial charge in [-0.05, 0) is 25.0 Å². The molecule has 0 saturated heterocycles. The Morgan fingerprint density at radius 3 is 2.52 bits per heavy atom. The molecule has 0 unspecified atom stereocenters. The largest absolute Gasteiger partial charge is 0.496 e. The molecule has 1 aromatic carbocycles. The van der Waals surface area contributed by atoms with E-state index >= 15 is 0 Å². The molecule has 23 heavy (non-hydrogen) atoms. The number of aliphatic hydroxyl groups excluding tert-OH is 1. The van der Waals surface area contributed by atoms with E-state index in [9.17, 15) is 9.90 Å². The fourth-order valence-electron chi connectivity index (χ4n) is 3.57. The summed E-state index contributed by atoms with van der Waals surface area (Å²) in [6, 6.07) is 3.73. The lowest BCUT2D eigenvalue weighted by molar-refractivity contribution is 0.0995. The highest BCUT2D eigenvalue weighted by Gasteiger charge is 2.32. The quantitative estimate of drug-likeness (QED) is 0.896. The van der Waals surface area contributed by atoms with Gasteiger partial charge in [-0.25, -0.2) is 4.79 Å². The minimum atomic E-state index is -0.780. The van der Waals surface area contributed by atoms with Gasteiger partial charge in [-0.1, -0.05) is 12.8 Å². The SMILES string of the molecule is COc1ccc(OC)c2c1CN(C(=O)NC1CCCC1)C[C@@H]2O. The van der Waals surface area contributed by atoms with Crippen molar-refractivity contribution in [2.45, 2.75) is 44.4 Å². The third-order valence-corrected chi connectivity index (χ3v) is 4.76. The Morgan fingerprint density at radius 1 is 1.22 bits per heavy atom. The number of carbonyl (C=O) groups is 1. The summed E-state index contributed by atoms with van der Waals surface area (Å²) >= 11 is 0. The van der Waals surface area contributed by atoms with Crippen molar-refractivity contribution < 1.29 is 19.4 Å². The molecule has 3 rings (SSSR count). The Bertz CT molecular complexity index is 584. The summed E-state index contributed by atoms with van der Waals surface area (Å²) in [7, 11) is 3.17. The first-order chi connectivity index (χ1) is 11.1. The molecule has 0 spiro atoms. The van der Waals surface area contributed by atoms with Gasteiger partial charge in [0.1, 0.15) is 17.6 Å². The normalized spacial score (nSPS) is 21.0. The predicted molar refractivity (Wildman–Crippen MR) is 85.7 cm³/mol. The van der Waals surface area contributed by atoms with Crippen LogP contribution in [0.5, 0.6) is 11.5 Å². The van der Waals surface area contributed by atoms with Gasteiger partial charge in [0.05, 0.1) is 27.3 Å². The molecule has 0 aromatic heterocycles. The minimum Gasteiger partial charge on any atom is -0.496 e. The average molecular weight is 320 g/mol. The number of nitrogens with zero attached hydrogens (tertiary/aromatic N) is 1. The highest BCUT2D eigenvalue weighted by Crippen LogP contribution is 2.39. The molecule has 1 aliphatic carbocycles. The van der Waals surface area contributed by atoms with Gasteiger partial charge in [-0.15, -0.1) is 0 Å². The molecule has 1 aliphatic heterocycles. The van der Waals surface area contributed by atoms with E-state index in [1.54, 1.807) is 25.2 Å². The lowest BCUT2D eigenvalue weighted by atomic mass is 9.95. The molecular formula is C17H24N2O4. The summed E-state index contributed by atoms with van der Waals surface area (Å²) in [4.78, 5) is 14.1. The molecule has 1 fully saturated rings. The Morgan fingerprint density at radius 2 is 1.87 bits per heavy atom. The van der Waals surface area contributed by atoms with Gasteiger partial charge >= 0.3 is 6.03 Å². The number of benzene rings is 1. The number of rotatable bonds is 3. The van der Waals surface area contributed by atoms with Gasteiger partial charge in [0.2, 0.25) is 0 Å². The van der Waals surface area contributed by atoms with E-state index < -0.39 is 6.10 Å². The Balaban J connectivity index is 1.82. The lowest BCUT2D eigenvalue weighted by Gasteiger charge is -2.34. The standard InChI is InChI=1S/C17H24N2O4/c1-22-14-7-8-15(23-2)16-12(14)9-19(10-13(16)20)17(21)18-11-5-3-4-6-11/h7-8,11,13,20H,3-6,9-10H2,1-2H3,(H,18,21)/t13-/m0/s1. The second-order valence-corrected chi connectivity index (χ2v) is 6.19. The number of ether oxygens (including phenoxy) is 2. The number of amides is 2. The zero-order chi connectivity index (χ0) is 16.4. The lowest BCUT2D eigenvalue weighted by Crippen LogP contribution is -2.47. The topological polar surface area (TPSA) is 71.0 Å². The summed E-state index contributed by atoms with van der Waals surface area (Å²) in [5.74, 6) is 1.29. The van der Waals surface area contributed by atoms with E-state index in [2.05, 4.69) is 5.32 Å². The number of β-amino-alcohol motifs (C(OH)–C–C–N with tert-alkyl or cyclic N) is 1. The van der Waals surface area contributed by atoms with Crippen molar-refractivity contribution in [3.63, 3.8) is 0 Å². The Kier molecular flexibility index (Phi) is 4.61. The van der Waals surface area contributed by atoms with Crippen LogP contribution in [0.25, 0.3) is 0 Å². The van der Waals surface area contributed by atoms with Crippen LogP contribution in [-0.4, -0.2) is 42.8 Å². The van der Waals surface area contributed by atoms with E-state index in [4.69, 9.17) is 9.47 Å². The number of fused-ring (bicyclic) bond motifs is 1. The number of aliphatic hydroxyl groups is 1. The van der Waals surface area contributed by atoms with Crippen LogP contribution in [0, 0.1) is 0 Å². The van der Waals surface area contributed by atoms with Crippen LogP contribution in [0.2, 0.25) is 0 Å². The van der Waals surface area contributed by atoms with Crippen molar-refractivity contribution in [3.05, 3.63) is 23.3 Å². The third-order valence-electron chi connectivity index (χ3n) is 4.76. The van der Waals surface area contributed by atoms with Crippen LogP contribution in [0.3, 0.4) is 0 Å². The number of hydrogen-bond donors (Lipinski definition) is 2. The molecule has 2 aliphatic rings. The maximum absolute atomic E-state index is 12.5. The molecular weight excluding hydrogens is 296 g/mol. The fourth-order valence-corrected chi connectivity index (χ4v) is 3.57. The number of nitrogens with one attached hydrogen (secondary N) is 1. The molecule has 1 heterocycles. The first kappa shape index (κ1) is 15.9. The molecule has 0 radical (unpaired) electrons. The van der Waals surface area contributed by atoms with E-state index in [0.717, 1.165) is 24.0 Å². The van der Waals surface area contributed by atoms with Gasteiger partial charge in [-0.3, -0.25) is 0 Å². The summed E-state index contributed by atoms with van der Waals surface area (Å²) in [6.07, 6.45) is 3.63. The van der Waals surface area contributed by atoms with Crippen molar-refractivity contribution >= 4 is 6.03 Å². The minimum absolute atomic E-state index is 0.119. The average Bonchev–Trinajstić information content (AvgIpc) is 3.06. The molecule has 2 amide bonds. The van der Waals surface area contributed by atoms with Crippen LogP contribution in [0.1, 0.15) is 42.9 Å². The first-order valence-electron chi connectivity index (χ1n) is 8.11. The molecule has 6 heteroatoms. The molecule has 126 valence electrons. The maximum Gasteiger partial charge on any atom is 0.318 e. The molecule has 6 nitrogen and oxygen atoms in total. The van der Waals surface area contributed by atoms with Gasteiger partial charge in [0.15, 0.2) is 0 Å². The van der Waals surface area contributed by atoms with Gasteiger partial charge < -0.3 is 24.8 Å². The number of carbonyl (C=O) groups excluding carboxylic acids is 1. The van der Waals surface area contributed by atoms with Crippen LogP contribution in [0.4, 0.5) is 4.79 Å². The Hall–Kier alpha value is -1.95. The van der Waals surface area contributed by atoms with Crippen molar-refractivity contribution in [3.8, 4) is 11.5 Å². The highest BCUT2D eigenvalue weighted by atomic mass is 16.5.